The Morgan fingerprint density at radius 2 is 1.82 bits per heavy atom. The highest BCUT2D eigenvalue weighted by molar-refractivity contribution is 5.91. The third kappa shape index (κ3) is 4.92. The average molecular weight is 458 g/mol. The van der Waals surface area contributed by atoms with Gasteiger partial charge in [-0.3, -0.25) is 4.79 Å². The van der Waals surface area contributed by atoms with Crippen LogP contribution in [-0.4, -0.2) is 17.7 Å². The van der Waals surface area contributed by atoms with E-state index in [-0.39, 0.29) is 13.0 Å². The van der Waals surface area contributed by atoms with Crippen LogP contribution in [0.2, 0.25) is 0 Å². The Bertz CT molecular complexity index is 1320. The fourth-order valence-corrected chi connectivity index (χ4v) is 4.02. The van der Waals surface area contributed by atoms with Crippen LogP contribution in [0.5, 0.6) is 11.5 Å². The summed E-state index contributed by atoms with van der Waals surface area (Å²) in [7, 11) is 0. The summed E-state index contributed by atoms with van der Waals surface area (Å²) in [5.74, 6) is 0.987. The number of furan rings is 1. The van der Waals surface area contributed by atoms with E-state index in [4.69, 9.17) is 19.6 Å². The molecule has 0 spiro atoms. The number of carbonyl (C=O) groups is 1. The highest BCUT2D eigenvalue weighted by Gasteiger charge is 2.23. The molecule has 0 saturated heterocycles. The molecule has 34 heavy (non-hydrogen) atoms. The third-order valence-electron chi connectivity index (χ3n) is 6.08. The second-order valence-corrected chi connectivity index (χ2v) is 8.74. The van der Waals surface area contributed by atoms with Crippen LogP contribution in [0.4, 0.5) is 0 Å². The first-order valence-corrected chi connectivity index (χ1v) is 11.5. The van der Waals surface area contributed by atoms with E-state index in [2.05, 4.69) is 18.2 Å². The predicted molar refractivity (Wildman–Crippen MR) is 130 cm³/mol. The van der Waals surface area contributed by atoms with Crippen molar-refractivity contribution >= 4 is 16.9 Å². The fourth-order valence-electron chi connectivity index (χ4n) is 4.02. The van der Waals surface area contributed by atoms with E-state index in [9.17, 15) is 9.90 Å². The lowest BCUT2D eigenvalue weighted by atomic mass is 10.00. The van der Waals surface area contributed by atoms with Gasteiger partial charge in [0, 0.05) is 23.1 Å². The molecule has 1 aliphatic carbocycles. The molecule has 174 valence electrons. The van der Waals surface area contributed by atoms with Gasteiger partial charge in [0.15, 0.2) is 11.3 Å². The number of benzene rings is 3. The number of hydrogen-bond acceptors (Lipinski definition) is 5. The Morgan fingerprint density at radius 1 is 0.971 bits per heavy atom. The molecule has 0 amide bonds. The molecule has 1 aliphatic rings. The van der Waals surface area contributed by atoms with Crippen LogP contribution in [0.15, 0.2) is 71.3 Å². The quantitative estimate of drug-likeness (QED) is 0.324. The van der Waals surface area contributed by atoms with Crippen molar-refractivity contribution in [2.24, 2.45) is 11.7 Å². The highest BCUT2D eigenvalue weighted by atomic mass is 16.5. The molecular weight excluding hydrogens is 430 g/mol. The van der Waals surface area contributed by atoms with E-state index >= 15 is 0 Å². The highest BCUT2D eigenvalue weighted by Crippen LogP contribution is 2.38. The lowest BCUT2D eigenvalue weighted by molar-refractivity contribution is -0.136. The summed E-state index contributed by atoms with van der Waals surface area (Å²) in [4.78, 5) is 11.2. The van der Waals surface area contributed by atoms with Gasteiger partial charge in [0.25, 0.3) is 0 Å². The summed E-state index contributed by atoms with van der Waals surface area (Å²) in [6.45, 7) is 1.40. The molecule has 1 aromatic heterocycles. The molecule has 1 fully saturated rings. The topological polar surface area (TPSA) is 94.9 Å². The molecule has 0 unspecified atom stereocenters. The van der Waals surface area contributed by atoms with Crippen LogP contribution in [0.3, 0.4) is 0 Å². The van der Waals surface area contributed by atoms with E-state index < -0.39 is 5.97 Å². The summed E-state index contributed by atoms with van der Waals surface area (Å²) in [6.07, 6.45) is 4.00. The minimum Gasteiger partial charge on any atom is -0.489 e. The van der Waals surface area contributed by atoms with Crippen molar-refractivity contribution in [3.8, 4) is 22.6 Å². The molecule has 0 radical (unpaired) electrons. The Morgan fingerprint density at radius 3 is 2.62 bits per heavy atom. The zero-order valence-electron chi connectivity index (χ0n) is 18.8. The molecule has 6 heteroatoms. The van der Waals surface area contributed by atoms with Gasteiger partial charge in [-0.15, -0.1) is 0 Å². The van der Waals surface area contributed by atoms with Gasteiger partial charge in [-0.05, 0) is 59.7 Å². The zero-order chi connectivity index (χ0) is 23.5. The Kier molecular flexibility index (Phi) is 6.23. The van der Waals surface area contributed by atoms with Crippen LogP contribution in [0.25, 0.3) is 22.1 Å². The third-order valence-corrected chi connectivity index (χ3v) is 6.08. The molecule has 0 atom stereocenters. The van der Waals surface area contributed by atoms with E-state index in [0.717, 1.165) is 33.4 Å². The number of fused-ring (bicyclic) bond motifs is 1. The minimum absolute atomic E-state index is 0.0942. The Labute approximate surface area is 197 Å². The summed E-state index contributed by atoms with van der Waals surface area (Å²) >= 11 is 0. The molecule has 5 rings (SSSR count). The minimum atomic E-state index is -0.897. The smallest absolute Gasteiger partial charge is 0.307 e. The van der Waals surface area contributed by atoms with Crippen molar-refractivity contribution in [2.45, 2.75) is 32.4 Å². The first-order valence-electron chi connectivity index (χ1n) is 11.5. The van der Waals surface area contributed by atoms with Crippen LogP contribution in [-0.2, 0) is 24.4 Å². The zero-order valence-corrected chi connectivity index (χ0v) is 18.8. The maximum atomic E-state index is 11.2. The van der Waals surface area contributed by atoms with E-state index in [1.165, 1.54) is 12.8 Å². The first-order chi connectivity index (χ1) is 16.6. The second-order valence-electron chi connectivity index (χ2n) is 8.74. The Hall–Kier alpha value is -3.77. The summed E-state index contributed by atoms with van der Waals surface area (Å²) < 4.78 is 18.1. The van der Waals surface area contributed by atoms with Crippen LogP contribution < -0.4 is 15.2 Å². The number of hydrogen-bond donors (Lipinski definition) is 2. The maximum Gasteiger partial charge on any atom is 0.307 e. The van der Waals surface area contributed by atoms with Gasteiger partial charge in [0.1, 0.15) is 12.4 Å². The van der Waals surface area contributed by atoms with Crippen molar-refractivity contribution in [2.75, 3.05) is 6.61 Å². The summed E-state index contributed by atoms with van der Waals surface area (Å²) in [5.41, 5.74) is 11.2. The maximum absolute atomic E-state index is 11.2. The van der Waals surface area contributed by atoms with Gasteiger partial charge in [-0.2, -0.15) is 0 Å². The van der Waals surface area contributed by atoms with Crippen LogP contribution in [0.1, 0.15) is 29.5 Å². The Balaban J connectivity index is 1.49. The van der Waals surface area contributed by atoms with Gasteiger partial charge in [-0.1, -0.05) is 36.4 Å². The van der Waals surface area contributed by atoms with Gasteiger partial charge in [0.2, 0.25) is 0 Å². The molecule has 1 saturated carbocycles. The first kappa shape index (κ1) is 22.0. The number of aliphatic carboxylic acids is 1. The standard InChI is InChI=1S/C28H27NO5/c29-14-19-4-3-6-20(10-19)22-11-24-23(16-33-25-7-2-1-5-21(25)13-27(30)31)17-34-28(24)26(12-22)32-15-18-8-9-18/h1-7,10-12,17-18H,8-9,13-16,29H2,(H,30,31). The van der Waals surface area contributed by atoms with E-state index in [1.54, 1.807) is 18.4 Å². The normalized spacial score (nSPS) is 13.2. The molecule has 0 aliphatic heterocycles. The second kappa shape index (κ2) is 9.61. The number of para-hydroxylation sites is 1. The van der Waals surface area contributed by atoms with Gasteiger partial charge >= 0.3 is 5.97 Å². The molecule has 1 heterocycles. The number of carboxylic acid groups (broad SMARTS) is 1. The lowest BCUT2D eigenvalue weighted by Crippen LogP contribution is -2.04. The molecule has 4 aromatic rings. The number of rotatable bonds is 10. The van der Waals surface area contributed by atoms with Crippen molar-refractivity contribution < 1.29 is 23.8 Å². The van der Waals surface area contributed by atoms with Gasteiger partial charge < -0.3 is 24.7 Å². The van der Waals surface area contributed by atoms with E-state index in [0.29, 0.717) is 36.0 Å². The fraction of sp³-hybridized carbons (Fsp3) is 0.250. The summed E-state index contributed by atoms with van der Waals surface area (Å²) in [5, 5.41) is 10.1. The molecule has 6 nitrogen and oxygen atoms in total. The van der Waals surface area contributed by atoms with E-state index in [1.807, 2.05) is 30.3 Å². The lowest BCUT2D eigenvalue weighted by Gasteiger charge is -2.12. The SMILES string of the molecule is NCc1cccc(-c2cc(OCC3CC3)c3occ(COc4ccccc4CC(=O)O)c3c2)c1. The summed E-state index contributed by atoms with van der Waals surface area (Å²) in [6, 6.07) is 19.5. The average Bonchev–Trinajstić information content (AvgIpc) is 3.59. The van der Waals surface area contributed by atoms with Crippen molar-refractivity contribution in [3.05, 3.63) is 83.6 Å². The van der Waals surface area contributed by atoms with Crippen molar-refractivity contribution in [1.82, 2.24) is 0 Å². The molecule has 3 aromatic carbocycles. The molecular formula is C28H27NO5. The molecule has 0 bridgehead atoms. The van der Waals surface area contributed by atoms with Crippen molar-refractivity contribution in [3.63, 3.8) is 0 Å². The van der Waals surface area contributed by atoms with Crippen LogP contribution in [0, 0.1) is 5.92 Å². The van der Waals surface area contributed by atoms with Gasteiger partial charge in [0.05, 0.1) is 19.3 Å². The van der Waals surface area contributed by atoms with Crippen molar-refractivity contribution in [1.29, 1.82) is 0 Å². The largest absolute Gasteiger partial charge is 0.489 e. The van der Waals surface area contributed by atoms with Gasteiger partial charge in [-0.25, -0.2) is 0 Å². The van der Waals surface area contributed by atoms with Crippen LogP contribution >= 0.6 is 0 Å². The number of nitrogens with two attached hydrogens (primary N) is 1. The monoisotopic (exact) mass is 457 g/mol. The predicted octanol–water partition coefficient (Wildman–Crippen LogP) is 5.55. The molecule has 3 N–H and O–H groups in total. The number of ether oxygens (including phenoxy) is 2. The number of carboxylic acids is 1.